The van der Waals surface area contributed by atoms with Crippen LogP contribution < -0.4 is 5.32 Å². The van der Waals surface area contributed by atoms with Crippen LogP contribution in [0.25, 0.3) is 0 Å². The van der Waals surface area contributed by atoms with Gasteiger partial charge in [-0.15, -0.1) is 0 Å². The largest absolute Gasteiger partial charge is 0.465 e. The van der Waals surface area contributed by atoms with E-state index in [1.807, 2.05) is 31.2 Å². The van der Waals surface area contributed by atoms with Gasteiger partial charge in [-0.1, -0.05) is 23.7 Å². The van der Waals surface area contributed by atoms with Gasteiger partial charge in [-0.25, -0.2) is 0 Å². The minimum Gasteiger partial charge on any atom is -0.465 e. The Morgan fingerprint density at radius 1 is 1.47 bits per heavy atom. The van der Waals surface area contributed by atoms with Crippen molar-refractivity contribution in [3.8, 4) is 0 Å². The molecule has 1 rings (SSSR count). The zero-order valence-electron chi connectivity index (χ0n) is 10.4. The molecule has 0 fully saturated rings. The van der Waals surface area contributed by atoms with Crippen LogP contribution in [0.1, 0.15) is 32.4 Å². The van der Waals surface area contributed by atoms with Crippen LogP contribution >= 0.6 is 11.6 Å². The molecule has 0 aliphatic rings. The highest BCUT2D eigenvalue weighted by Crippen LogP contribution is 2.17. The number of esters is 1. The highest BCUT2D eigenvalue weighted by atomic mass is 35.5. The van der Waals surface area contributed by atoms with E-state index >= 15 is 0 Å². The fourth-order valence-corrected chi connectivity index (χ4v) is 1.78. The van der Waals surface area contributed by atoms with Crippen LogP contribution in [0.2, 0.25) is 5.02 Å². The molecule has 1 unspecified atom stereocenters. The summed E-state index contributed by atoms with van der Waals surface area (Å²) in [5.41, 5.74) is 1.05. The number of hydrogen-bond acceptors (Lipinski definition) is 3. The van der Waals surface area contributed by atoms with Crippen molar-refractivity contribution in [3.05, 3.63) is 34.9 Å². The summed E-state index contributed by atoms with van der Waals surface area (Å²) in [6.45, 7) is 5.97. The third-order valence-electron chi connectivity index (χ3n) is 2.49. The Labute approximate surface area is 107 Å². The first-order valence-electron chi connectivity index (χ1n) is 5.72. The number of rotatable bonds is 5. The lowest BCUT2D eigenvalue weighted by Gasteiger charge is -2.19. The standard InChI is InChI=1S/C13H18ClNO2/c1-4-17-13(16)10(3)15-9(2)11-6-5-7-12(14)8-11/h5-10,15H,4H2,1-3H3/t9-,10?/m0/s1. The van der Waals surface area contributed by atoms with E-state index in [4.69, 9.17) is 16.3 Å². The zero-order chi connectivity index (χ0) is 12.8. The molecular weight excluding hydrogens is 238 g/mol. The lowest BCUT2D eigenvalue weighted by Crippen LogP contribution is -2.37. The summed E-state index contributed by atoms with van der Waals surface area (Å²) in [7, 11) is 0. The Kier molecular flexibility index (Phi) is 5.45. The number of carbonyl (C=O) groups excluding carboxylic acids is 1. The van der Waals surface area contributed by atoms with E-state index < -0.39 is 0 Å². The first-order chi connectivity index (χ1) is 8.04. The summed E-state index contributed by atoms with van der Waals surface area (Å²) in [5, 5.41) is 3.87. The number of halogens is 1. The molecular formula is C13H18ClNO2. The van der Waals surface area contributed by atoms with Crippen molar-refractivity contribution in [1.82, 2.24) is 5.32 Å². The van der Waals surface area contributed by atoms with Gasteiger partial charge < -0.3 is 4.74 Å². The monoisotopic (exact) mass is 255 g/mol. The number of nitrogens with one attached hydrogen (secondary N) is 1. The highest BCUT2D eigenvalue weighted by Gasteiger charge is 2.16. The Balaban J connectivity index is 2.60. The van der Waals surface area contributed by atoms with E-state index in [0.29, 0.717) is 11.6 Å². The minimum absolute atomic E-state index is 0.0492. The molecule has 0 spiro atoms. The van der Waals surface area contributed by atoms with Crippen molar-refractivity contribution in [2.24, 2.45) is 0 Å². The number of carbonyl (C=O) groups is 1. The highest BCUT2D eigenvalue weighted by molar-refractivity contribution is 6.30. The maximum Gasteiger partial charge on any atom is 0.322 e. The first kappa shape index (κ1) is 14.0. The fraction of sp³-hybridized carbons (Fsp3) is 0.462. The average Bonchev–Trinajstić information content (AvgIpc) is 2.29. The molecule has 0 saturated carbocycles. The lowest BCUT2D eigenvalue weighted by atomic mass is 10.1. The molecule has 4 heteroatoms. The third kappa shape index (κ3) is 4.36. The molecule has 17 heavy (non-hydrogen) atoms. The third-order valence-corrected chi connectivity index (χ3v) is 2.72. The van der Waals surface area contributed by atoms with E-state index in [1.54, 1.807) is 13.8 Å². The Morgan fingerprint density at radius 2 is 2.18 bits per heavy atom. The molecule has 0 radical (unpaired) electrons. The molecule has 94 valence electrons. The smallest absolute Gasteiger partial charge is 0.322 e. The topological polar surface area (TPSA) is 38.3 Å². The summed E-state index contributed by atoms with van der Waals surface area (Å²) < 4.78 is 4.94. The number of ether oxygens (including phenoxy) is 1. The maximum absolute atomic E-state index is 11.5. The van der Waals surface area contributed by atoms with E-state index in [0.717, 1.165) is 5.56 Å². The van der Waals surface area contributed by atoms with Crippen LogP contribution in [0.4, 0.5) is 0 Å². The van der Waals surface area contributed by atoms with Gasteiger partial charge in [0.25, 0.3) is 0 Å². The van der Waals surface area contributed by atoms with Gasteiger partial charge in [-0.3, -0.25) is 10.1 Å². The predicted octanol–water partition coefficient (Wildman–Crippen LogP) is 2.94. The van der Waals surface area contributed by atoms with Crippen LogP contribution in [0.3, 0.4) is 0 Å². The van der Waals surface area contributed by atoms with Crippen molar-refractivity contribution in [2.45, 2.75) is 32.9 Å². The molecule has 0 saturated heterocycles. The molecule has 1 aromatic carbocycles. The summed E-state index contributed by atoms with van der Waals surface area (Å²) in [6, 6.07) is 7.30. The molecule has 3 nitrogen and oxygen atoms in total. The second-order valence-electron chi connectivity index (χ2n) is 3.92. The van der Waals surface area contributed by atoms with E-state index in [9.17, 15) is 4.79 Å². The summed E-state index contributed by atoms with van der Waals surface area (Å²) in [4.78, 5) is 11.5. The Morgan fingerprint density at radius 3 is 2.76 bits per heavy atom. The normalized spacial score (nSPS) is 14.1. The molecule has 0 bridgehead atoms. The quantitative estimate of drug-likeness (QED) is 0.822. The van der Waals surface area contributed by atoms with Crippen molar-refractivity contribution in [2.75, 3.05) is 6.61 Å². The molecule has 0 heterocycles. The van der Waals surface area contributed by atoms with E-state index in [-0.39, 0.29) is 18.1 Å². The molecule has 0 aliphatic heterocycles. The van der Waals surface area contributed by atoms with Crippen LogP contribution in [-0.4, -0.2) is 18.6 Å². The van der Waals surface area contributed by atoms with Gasteiger partial charge in [-0.05, 0) is 38.5 Å². The average molecular weight is 256 g/mol. The molecule has 2 atom stereocenters. The second kappa shape index (κ2) is 6.62. The van der Waals surface area contributed by atoms with Gasteiger partial charge >= 0.3 is 5.97 Å². The summed E-state index contributed by atoms with van der Waals surface area (Å²) in [6.07, 6.45) is 0. The second-order valence-corrected chi connectivity index (χ2v) is 4.35. The van der Waals surface area contributed by atoms with Gasteiger partial charge in [0, 0.05) is 11.1 Å². The van der Waals surface area contributed by atoms with Gasteiger partial charge in [0.1, 0.15) is 6.04 Å². The summed E-state index contributed by atoms with van der Waals surface area (Å²) in [5.74, 6) is -0.235. The molecule has 1 N–H and O–H groups in total. The van der Waals surface area contributed by atoms with Crippen LogP contribution in [0, 0.1) is 0 Å². The molecule has 0 amide bonds. The zero-order valence-corrected chi connectivity index (χ0v) is 11.1. The van der Waals surface area contributed by atoms with Crippen LogP contribution in [-0.2, 0) is 9.53 Å². The molecule has 0 aromatic heterocycles. The van der Waals surface area contributed by atoms with Gasteiger partial charge in [0.15, 0.2) is 0 Å². The lowest BCUT2D eigenvalue weighted by molar-refractivity contribution is -0.145. The van der Waals surface area contributed by atoms with Crippen molar-refractivity contribution in [3.63, 3.8) is 0 Å². The van der Waals surface area contributed by atoms with Crippen LogP contribution in [0.5, 0.6) is 0 Å². The minimum atomic E-state index is -0.330. The first-order valence-corrected chi connectivity index (χ1v) is 6.10. The molecule has 0 aliphatic carbocycles. The Hall–Kier alpha value is -1.06. The number of benzene rings is 1. The van der Waals surface area contributed by atoms with Crippen molar-refractivity contribution < 1.29 is 9.53 Å². The van der Waals surface area contributed by atoms with Gasteiger partial charge in [-0.2, -0.15) is 0 Å². The van der Waals surface area contributed by atoms with Crippen molar-refractivity contribution >= 4 is 17.6 Å². The predicted molar refractivity (Wildman–Crippen MR) is 69.1 cm³/mol. The fourth-order valence-electron chi connectivity index (χ4n) is 1.58. The van der Waals surface area contributed by atoms with E-state index in [1.165, 1.54) is 0 Å². The summed E-state index contributed by atoms with van der Waals surface area (Å²) >= 11 is 5.92. The molecule has 1 aromatic rings. The SMILES string of the molecule is CCOC(=O)C(C)N[C@@H](C)c1cccc(Cl)c1. The van der Waals surface area contributed by atoms with Gasteiger partial charge in [0.2, 0.25) is 0 Å². The van der Waals surface area contributed by atoms with E-state index in [2.05, 4.69) is 5.32 Å². The van der Waals surface area contributed by atoms with Gasteiger partial charge in [0.05, 0.1) is 6.61 Å². The van der Waals surface area contributed by atoms with Crippen molar-refractivity contribution in [1.29, 1.82) is 0 Å². The van der Waals surface area contributed by atoms with Crippen LogP contribution in [0.15, 0.2) is 24.3 Å². The maximum atomic E-state index is 11.5. The Bertz CT molecular complexity index is 381. The number of hydrogen-bond donors (Lipinski definition) is 1.